The summed E-state index contributed by atoms with van der Waals surface area (Å²) in [6.07, 6.45) is 3.39. The largest absolute Gasteiger partial charge is 0.300 e. The van der Waals surface area contributed by atoms with Crippen molar-refractivity contribution in [1.29, 1.82) is 0 Å². The molecular formula is C13H22O2. The van der Waals surface area contributed by atoms with Crippen LogP contribution in [-0.2, 0) is 9.59 Å². The van der Waals surface area contributed by atoms with Crippen LogP contribution in [0.3, 0.4) is 0 Å². The molecule has 0 spiro atoms. The van der Waals surface area contributed by atoms with Crippen LogP contribution in [0.5, 0.6) is 0 Å². The molecule has 15 heavy (non-hydrogen) atoms. The van der Waals surface area contributed by atoms with Gasteiger partial charge in [-0.25, -0.2) is 0 Å². The van der Waals surface area contributed by atoms with Crippen LogP contribution >= 0.6 is 0 Å². The fourth-order valence-electron chi connectivity index (χ4n) is 2.36. The molecule has 0 N–H and O–H groups in total. The monoisotopic (exact) mass is 210 g/mol. The molecule has 2 heteroatoms. The van der Waals surface area contributed by atoms with Crippen LogP contribution in [0.15, 0.2) is 0 Å². The first-order valence-electron chi connectivity index (χ1n) is 5.89. The van der Waals surface area contributed by atoms with Crippen LogP contribution < -0.4 is 0 Å². The van der Waals surface area contributed by atoms with Crippen molar-refractivity contribution in [2.75, 3.05) is 0 Å². The molecule has 0 aromatic heterocycles. The zero-order valence-electron chi connectivity index (χ0n) is 10.3. The summed E-state index contributed by atoms with van der Waals surface area (Å²) in [7, 11) is 0. The summed E-state index contributed by atoms with van der Waals surface area (Å²) in [5, 5.41) is 0. The first-order chi connectivity index (χ1) is 6.85. The molecule has 0 aromatic rings. The number of carbonyl (C=O) groups is 2. The Morgan fingerprint density at radius 2 is 2.00 bits per heavy atom. The normalized spacial score (nSPS) is 30.3. The second kappa shape index (κ2) is 4.46. The number of carbonyl (C=O) groups excluding carboxylic acids is 2. The van der Waals surface area contributed by atoms with E-state index in [4.69, 9.17) is 0 Å². The van der Waals surface area contributed by atoms with Gasteiger partial charge >= 0.3 is 0 Å². The van der Waals surface area contributed by atoms with Crippen LogP contribution in [0.4, 0.5) is 0 Å². The summed E-state index contributed by atoms with van der Waals surface area (Å²) in [6.45, 7) is 7.83. The summed E-state index contributed by atoms with van der Waals surface area (Å²) in [4.78, 5) is 23.1. The quantitative estimate of drug-likeness (QED) is 0.717. The lowest BCUT2D eigenvalue weighted by atomic mass is 9.64. The molecule has 0 heterocycles. The third kappa shape index (κ3) is 2.67. The number of rotatable bonds is 3. The molecule has 0 aliphatic heterocycles. The first-order valence-corrected chi connectivity index (χ1v) is 5.89. The van der Waals surface area contributed by atoms with Gasteiger partial charge in [-0.05, 0) is 32.1 Å². The van der Waals surface area contributed by atoms with Gasteiger partial charge in [0.1, 0.15) is 11.6 Å². The Kier molecular flexibility index (Phi) is 3.69. The smallest absolute Gasteiger partial charge is 0.141 e. The third-order valence-corrected chi connectivity index (χ3v) is 4.03. The summed E-state index contributed by atoms with van der Waals surface area (Å²) in [5.41, 5.74) is -0.195. The van der Waals surface area contributed by atoms with Crippen LogP contribution in [0.25, 0.3) is 0 Å². The van der Waals surface area contributed by atoms with E-state index in [0.29, 0.717) is 18.1 Å². The van der Waals surface area contributed by atoms with Crippen LogP contribution in [0, 0.1) is 17.3 Å². The molecule has 0 radical (unpaired) electrons. The molecule has 1 saturated carbocycles. The number of hydrogen-bond acceptors (Lipinski definition) is 2. The molecule has 1 fully saturated rings. The lowest BCUT2D eigenvalue weighted by molar-refractivity contribution is -0.137. The van der Waals surface area contributed by atoms with E-state index in [0.717, 1.165) is 19.3 Å². The van der Waals surface area contributed by atoms with Gasteiger partial charge in [0.15, 0.2) is 0 Å². The lowest BCUT2D eigenvalue weighted by Crippen LogP contribution is -2.41. The minimum atomic E-state index is -0.195. The van der Waals surface area contributed by atoms with Gasteiger partial charge in [0.2, 0.25) is 0 Å². The molecule has 0 saturated heterocycles. The zero-order chi connectivity index (χ0) is 11.6. The highest BCUT2D eigenvalue weighted by Gasteiger charge is 2.41. The van der Waals surface area contributed by atoms with Crippen LogP contribution in [-0.4, -0.2) is 11.6 Å². The Morgan fingerprint density at radius 3 is 2.53 bits per heavy atom. The van der Waals surface area contributed by atoms with Crippen molar-refractivity contribution in [2.24, 2.45) is 17.3 Å². The SMILES string of the molecule is CC(=O)CCC1CCC(C)C(C)(C)C1=O. The van der Waals surface area contributed by atoms with Crippen molar-refractivity contribution in [3.8, 4) is 0 Å². The molecule has 2 unspecified atom stereocenters. The van der Waals surface area contributed by atoms with Gasteiger partial charge in [-0.2, -0.15) is 0 Å². The van der Waals surface area contributed by atoms with Crippen molar-refractivity contribution in [1.82, 2.24) is 0 Å². The van der Waals surface area contributed by atoms with Gasteiger partial charge in [-0.1, -0.05) is 20.8 Å². The predicted octanol–water partition coefficient (Wildman–Crippen LogP) is 3.00. The van der Waals surface area contributed by atoms with Gasteiger partial charge in [-0.3, -0.25) is 4.79 Å². The van der Waals surface area contributed by atoms with E-state index in [1.165, 1.54) is 0 Å². The van der Waals surface area contributed by atoms with E-state index in [-0.39, 0.29) is 17.1 Å². The van der Waals surface area contributed by atoms with Gasteiger partial charge in [0.05, 0.1) is 0 Å². The van der Waals surface area contributed by atoms with Crippen LogP contribution in [0.1, 0.15) is 53.4 Å². The maximum atomic E-state index is 12.2. The molecule has 86 valence electrons. The predicted molar refractivity (Wildman–Crippen MR) is 60.6 cm³/mol. The van der Waals surface area contributed by atoms with Crippen molar-refractivity contribution in [3.63, 3.8) is 0 Å². The molecule has 0 amide bonds. The second-order valence-electron chi connectivity index (χ2n) is 5.50. The average Bonchev–Trinajstić information content (AvgIpc) is 2.14. The molecule has 2 atom stereocenters. The van der Waals surface area contributed by atoms with Crippen molar-refractivity contribution < 1.29 is 9.59 Å². The Labute approximate surface area is 92.4 Å². The van der Waals surface area contributed by atoms with E-state index in [9.17, 15) is 9.59 Å². The number of Topliss-reactive ketones (excluding diaryl/α,β-unsaturated/α-hetero) is 2. The standard InChI is InChI=1S/C13H22O2/c1-9-5-7-11(8-6-10(2)14)12(15)13(9,3)4/h9,11H,5-8H2,1-4H3. The second-order valence-corrected chi connectivity index (χ2v) is 5.50. The molecule has 1 aliphatic carbocycles. The highest BCUT2D eigenvalue weighted by molar-refractivity contribution is 5.88. The van der Waals surface area contributed by atoms with Crippen molar-refractivity contribution in [2.45, 2.75) is 53.4 Å². The van der Waals surface area contributed by atoms with E-state index in [2.05, 4.69) is 6.92 Å². The fraction of sp³-hybridized carbons (Fsp3) is 0.846. The average molecular weight is 210 g/mol. The van der Waals surface area contributed by atoms with Crippen LogP contribution in [0.2, 0.25) is 0 Å². The maximum Gasteiger partial charge on any atom is 0.141 e. The van der Waals surface area contributed by atoms with E-state index in [1.54, 1.807) is 6.92 Å². The molecule has 0 bridgehead atoms. The van der Waals surface area contributed by atoms with Crippen molar-refractivity contribution >= 4 is 11.6 Å². The highest BCUT2D eigenvalue weighted by Crippen LogP contribution is 2.41. The number of ketones is 2. The molecule has 2 nitrogen and oxygen atoms in total. The zero-order valence-corrected chi connectivity index (χ0v) is 10.3. The minimum Gasteiger partial charge on any atom is -0.300 e. The topological polar surface area (TPSA) is 34.1 Å². The lowest BCUT2D eigenvalue weighted by Gasteiger charge is -2.39. The van der Waals surface area contributed by atoms with Gasteiger partial charge < -0.3 is 4.79 Å². The number of hydrogen-bond donors (Lipinski definition) is 0. The highest BCUT2D eigenvalue weighted by atomic mass is 16.1. The molecule has 1 rings (SSSR count). The molecule has 1 aliphatic rings. The summed E-state index contributed by atoms with van der Waals surface area (Å²) in [5.74, 6) is 1.15. The van der Waals surface area contributed by atoms with Gasteiger partial charge in [0.25, 0.3) is 0 Å². The van der Waals surface area contributed by atoms with E-state index < -0.39 is 0 Å². The molecular weight excluding hydrogens is 188 g/mol. The Balaban J connectivity index is 2.62. The van der Waals surface area contributed by atoms with E-state index in [1.807, 2.05) is 13.8 Å². The Morgan fingerprint density at radius 1 is 1.40 bits per heavy atom. The summed E-state index contributed by atoms with van der Waals surface area (Å²) < 4.78 is 0. The Hall–Kier alpha value is -0.660. The fourth-order valence-corrected chi connectivity index (χ4v) is 2.36. The maximum absolute atomic E-state index is 12.2. The Bertz CT molecular complexity index is 266. The third-order valence-electron chi connectivity index (χ3n) is 4.03. The van der Waals surface area contributed by atoms with Gasteiger partial charge in [0, 0.05) is 17.8 Å². The van der Waals surface area contributed by atoms with Crippen molar-refractivity contribution in [3.05, 3.63) is 0 Å². The first kappa shape index (κ1) is 12.4. The summed E-state index contributed by atoms with van der Waals surface area (Å²) in [6, 6.07) is 0. The summed E-state index contributed by atoms with van der Waals surface area (Å²) >= 11 is 0. The minimum absolute atomic E-state index is 0.125. The van der Waals surface area contributed by atoms with Gasteiger partial charge in [-0.15, -0.1) is 0 Å². The van der Waals surface area contributed by atoms with E-state index >= 15 is 0 Å². The molecule has 0 aromatic carbocycles.